The van der Waals surface area contributed by atoms with Gasteiger partial charge in [0.15, 0.2) is 0 Å². The van der Waals surface area contributed by atoms with Crippen molar-refractivity contribution in [2.24, 2.45) is 7.05 Å². The minimum Gasteiger partial charge on any atom is -0.275 e. The lowest BCUT2D eigenvalue weighted by Crippen LogP contribution is -1.88. The van der Waals surface area contributed by atoms with Gasteiger partial charge in [-0.1, -0.05) is 11.6 Å². The lowest BCUT2D eigenvalue weighted by Gasteiger charge is -2.05. The molecule has 0 aliphatic carbocycles. The van der Waals surface area contributed by atoms with Gasteiger partial charge in [-0.3, -0.25) is 4.68 Å². The van der Waals surface area contributed by atoms with Crippen molar-refractivity contribution in [2.75, 3.05) is 0 Å². The third kappa shape index (κ3) is 1.86. The number of nitrogens with zero attached hydrogens (tertiary/aromatic N) is 3. The van der Waals surface area contributed by atoms with Crippen LogP contribution in [0.25, 0.3) is 21.3 Å². The summed E-state index contributed by atoms with van der Waals surface area (Å²) in [6.07, 6.45) is 3.92. The minimum absolute atomic E-state index is 0.760. The van der Waals surface area contributed by atoms with E-state index in [2.05, 4.69) is 23.9 Å². The van der Waals surface area contributed by atoms with E-state index in [1.807, 2.05) is 31.0 Å². The van der Waals surface area contributed by atoms with E-state index in [-0.39, 0.29) is 0 Å². The summed E-state index contributed by atoms with van der Waals surface area (Å²) < 4.78 is 1.82. The maximum absolute atomic E-state index is 6.35. The molecule has 0 N–H and O–H groups in total. The molecule has 0 fully saturated rings. The highest BCUT2D eigenvalue weighted by atomic mass is 35.5. The van der Waals surface area contributed by atoms with Gasteiger partial charge in [-0.15, -0.1) is 11.3 Å². The number of halogens is 1. The number of aromatic nitrogens is 3. The molecule has 3 heterocycles. The molecule has 3 aromatic heterocycles. The molecule has 0 radical (unpaired) electrons. The molecule has 0 saturated carbocycles. The molecular weight excluding hydrogens is 278 g/mol. The van der Waals surface area contributed by atoms with Gasteiger partial charge in [0.1, 0.15) is 4.83 Å². The number of fused-ring (bicyclic) bond motifs is 1. The maximum Gasteiger partial charge on any atom is 0.124 e. The lowest BCUT2D eigenvalue weighted by atomic mass is 10.0. The zero-order valence-corrected chi connectivity index (χ0v) is 12.9. The molecule has 0 aliphatic heterocycles. The highest BCUT2D eigenvalue weighted by molar-refractivity contribution is 7.19. The van der Waals surface area contributed by atoms with E-state index >= 15 is 0 Å². The van der Waals surface area contributed by atoms with Gasteiger partial charge >= 0.3 is 0 Å². The molecule has 0 amide bonds. The van der Waals surface area contributed by atoms with Gasteiger partial charge in [0.25, 0.3) is 0 Å². The quantitative estimate of drug-likeness (QED) is 0.670. The Morgan fingerprint density at radius 3 is 2.63 bits per heavy atom. The smallest absolute Gasteiger partial charge is 0.124 e. The Morgan fingerprint density at radius 1 is 1.26 bits per heavy atom. The number of hydrogen-bond donors (Lipinski definition) is 0. The monoisotopic (exact) mass is 291 g/mol. The molecule has 98 valence electrons. The summed E-state index contributed by atoms with van der Waals surface area (Å²) in [4.78, 5) is 6.91. The standard InChI is InChI=1S/C14H14ClN3S/c1-7-11-12(10-5-16-18(4)6-10)9(3)19-14(11)17-8(2)13(7)15/h5-6H,1-4H3. The van der Waals surface area contributed by atoms with Crippen LogP contribution in [0.2, 0.25) is 5.02 Å². The van der Waals surface area contributed by atoms with Crippen LogP contribution in [0.3, 0.4) is 0 Å². The third-order valence-corrected chi connectivity index (χ3v) is 4.91. The van der Waals surface area contributed by atoms with Crippen LogP contribution in [0.5, 0.6) is 0 Å². The summed E-state index contributed by atoms with van der Waals surface area (Å²) in [5.74, 6) is 0. The topological polar surface area (TPSA) is 30.7 Å². The highest BCUT2D eigenvalue weighted by Gasteiger charge is 2.18. The molecule has 0 saturated heterocycles. The van der Waals surface area contributed by atoms with E-state index in [9.17, 15) is 0 Å². The fourth-order valence-corrected chi connectivity index (χ4v) is 3.73. The summed E-state index contributed by atoms with van der Waals surface area (Å²) in [5, 5.41) is 6.18. The second-order valence-corrected chi connectivity index (χ2v) is 6.33. The van der Waals surface area contributed by atoms with Gasteiger partial charge in [0, 0.05) is 34.6 Å². The molecule has 0 bridgehead atoms. The fourth-order valence-electron chi connectivity index (χ4n) is 2.44. The molecule has 19 heavy (non-hydrogen) atoms. The highest BCUT2D eigenvalue weighted by Crippen LogP contribution is 2.41. The van der Waals surface area contributed by atoms with Crippen molar-refractivity contribution in [3.8, 4) is 11.1 Å². The van der Waals surface area contributed by atoms with E-state index in [4.69, 9.17) is 11.6 Å². The number of hydrogen-bond acceptors (Lipinski definition) is 3. The molecule has 3 aromatic rings. The molecule has 0 aliphatic rings. The van der Waals surface area contributed by atoms with Crippen molar-refractivity contribution in [1.29, 1.82) is 0 Å². The summed E-state index contributed by atoms with van der Waals surface area (Å²) in [6.45, 7) is 6.14. The second-order valence-electron chi connectivity index (χ2n) is 4.75. The van der Waals surface area contributed by atoms with Crippen LogP contribution in [0.1, 0.15) is 16.1 Å². The second kappa shape index (κ2) is 4.32. The molecule has 0 atom stereocenters. The van der Waals surface area contributed by atoms with Crippen LogP contribution in [0, 0.1) is 20.8 Å². The average molecular weight is 292 g/mol. The van der Waals surface area contributed by atoms with E-state index < -0.39 is 0 Å². The van der Waals surface area contributed by atoms with Gasteiger partial charge in [-0.05, 0) is 26.3 Å². The minimum atomic E-state index is 0.760. The normalized spacial score (nSPS) is 11.4. The van der Waals surface area contributed by atoms with E-state index in [0.29, 0.717) is 0 Å². The van der Waals surface area contributed by atoms with Crippen LogP contribution in [0.15, 0.2) is 12.4 Å². The molecule has 3 rings (SSSR count). The van der Waals surface area contributed by atoms with Gasteiger partial charge in [-0.2, -0.15) is 5.10 Å². The zero-order valence-electron chi connectivity index (χ0n) is 11.3. The fraction of sp³-hybridized carbons (Fsp3) is 0.286. The maximum atomic E-state index is 6.35. The largest absolute Gasteiger partial charge is 0.275 e. The van der Waals surface area contributed by atoms with Crippen molar-refractivity contribution in [3.63, 3.8) is 0 Å². The van der Waals surface area contributed by atoms with Crippen LogP contribution in [-0.4, -0.2) is 14.8 Å². The SMILES string of the molecule is Cc1nc2sc(C)c(-c3cnn(C)c3)c2c(C)c1Cl. The Labute approximate surface area is 120 Å². The summed E-state index contributed by atoms with van der Waals surface area (Å²) >= 11 is 8.06. The Balaban J connectivity index is 2.42. The van der Waals surface area contributed by atoms with E-state index in [1.165, 1.54) is 10.4 Å². The van der Waals surface area contributed by atoms with Crippen molar-refractivity contribution in [3.05, 3.63) is 33.6 Å². The van der Waals surface area contributed by atoms with Crippen LogP contribution >= 0.6 is 22.9 Å². The van der Waals surface area contributed by atoms with Crippen LogP contribution < -0.4 is 0 Å². The first kappa shape index (κ1) is 12.6. The van der Waals surface area contributed by atoms with Gasteiger partial charge < -0.3 is 0 Å². The number of pyridine rings is 1. The van der Waals surface area contributed by atoms with Gasteiger partial charge in [0.2, 0.25) is 0 Å². The Morgan fingerprint density at radius 2 is 2.00 bits per heavy atom. The third-order valence-electron chi connectivity index (χ3n) is 3.35. The van der Waals surface area contributed by atoms with Crippen molar-refractivity contribution in [1.82, 2.24) is 14.8 Å². The zero-order chi connectivity index (χ0) is 13.7. The predicted octanol–water partition coefficient (Wildman–Crippen LogP) is 4.28. The summed E-state index contributed by atoms with van der Waals surface area (Å²) in [6, 6.07) is 0. The number of aryl methyl sites for hydroxylation is 4. The number of thiophene rings is 1. The average Bonchev–Trinajstić information content (AvgIpc) is 2.89. The predicted molar refractivity (Wildman–Crippen MR) is 81.0 cm³/mol. The first-order valence-electron chi connectivity index (χ1n) is 6.04. The molecule has 3 nitrogen and oxygen atoms in total. The van der Waals surface area contributed by atoms with Gasteiger partial charge in [0.05, 0.1) is 16.9 Å². The Hall–Kier alpha value is -1.39. The molecular formula is C14H14ClN3S. The number of rotatable bonds is 1. The molecule has 0 spiro atoms. The molecule has 5 heteroatoms. The van der Waals surface area contributed by atoms with Crippen molar-refractivity contribution < 1.29 is 0 Å². The van der Waals surface area contributed by atoms with Gasteiger partial charge in [-0.25, -0.2) is 4.98 Å². The first-order valence-corrected chi connectivity index (χ1v) is 7.23. The Bertz CT molecular complexity index is 786. The van der Waals surface area contributed by atoms with Crippen molar-refractivity contribution >= 4 is 33.2 Å². The Kier molecular flexibility index (Phi) is 2.87. The summed E-state index contributed by atoms with van der Waals surface area (Å²) in [7, 11) is 1.93. The first-order chi connectivity index (χ1) is 8.99. The molecule has 0 unspecified atom stereocenters. The van der Waals surface area contributed by atoms with Crippen LogP contribution in [-0.2, 0) is 7.05 Å². The lowest BCUT2D eigenvalue weighted by molar-refractivity contribution is 0.768. The van der Waals surface area contributed by atoms with Crippen LogP contribution in [0.4, 0.5) is 0 Å². The van der Waals surface area contributed by atoms with E-state index in [0.717, 1.165) is 32.1 Å². The van der Waals surface area contributed by atoms with E-state index in [1.54, 1.807) is 11.3 Å². The van der Waals surface area contributed by atoms with Crippen molar-refractivity contribution in [2.45, 2.75) is 20.8 Å². The summed E-state index contributed by atoms with van der Waals surface area (Å²) in [5.41, 5.74) is 4.33. The molecule has 0 aromatic carbocycles.